The first kappa shape index (κ1) is 14.1. The Morgan fingerprint density at radius 2 is 1.95 bits per heavy atom. The Morgan fingerprint density at radius 3 is 2.68 bits per heavy atom. The smallest absolute Gasteiger partial charge is 0.121 e. The van der Waals surface area contributed by atoms with Gasteiger partial charge in [-0.2, -0.15) is 11.8 Å². The van der Waals surface area contributed by atoms with E-state index in [1.54, 1.807) is 18.9 Å². The number of rotatable bonds is 5. The van der Waals surface area contributed by atoms with Gasteiger partial charge in [-0.3, -0.25) is 0 Å². The van der Waals surface area contributed by atoms with E-state index in [-0.39, 0.29) is 0 Å². The summed E-state index contributed by atoms with van der Waals surface area (Å²) in [6.45, 7) is 0. The number of ether oxygens (including phenoxy) is 1. The van der Waals surface area contributed by atoms with Crippen LogP contribution in [0.2, 0.25) is 5.02 Å². The van der Waals surface area contributed by atoms with Gasteiger partial charge in [0.1, 0.15) is 5.75 Å². The quantitative estimate of drug-likeness (QED) is 0.832. The van der Waals surface area contributed by atoms with Crippen molar-refractivity contribution in [2.75, 3.05) is 12.8 Å². The van der Waals surface area contributed by atoms with Crippen LogP contribution >= 0.6 is 23.4 Å². The first-order valence-electron chi connectivity index (χ1n) is 5.93. The molecule has 0 bridgehead atoms. The molecule has 2 N–H and O–H groups in total. The number of hydrogen-bond acceptors (Lipinski definition) is 3. The minimum absolute atomic E-state index is 0.729. The Morgan fingerprint density at radius 1 is 1.16 bits per heavy atom. The van der Waals surface area contributed by atoms with Crippen LogP contribution in [0.1, 0.15) is 11.1 Å². The predicted octanol–water partition coefficient (Wildman–Crippen LogP) is 4.36. The van der Waals surface area contributed by atoms with E-state index >= 15 is 0 Å². The first-order chi connectivity index (χ1) is 9.19. The number of nitrogens with two attached hydrogens (primary N) is 1. The lowest BCUT2D eigenvalue weighted by molar-refractivity contribution is 0.414. The second-order valence-electron chi connectivity index (χ2n) is 4.20. The lowest BCUT2D eigenvalue weighted by Gasteiger charge is -2.07. The van der Waals surface area contributed by atoms with Crippen molar-refractivity contribution < 1.29 is 4.74 Å². The highest BCUT2D eigenvalue weighted by Crippen LogP contribution is 2.26. The number of thioether (sulfide) groups is 1. The molecule has 0 radical (unpaired) electrons. The summed E-state index contributed by atoms with van der Waals surface area (Å²) in [7, 11) is 1.65. The molecule has 0 unspecified atom stereocenters. The third kappa shape index (κ3) is 4.08. The van der Waals surface area contributed by atoms with Gasteiger partial charge in [0.2, 0.25) is 0 Å². The molecule has 0 aliphatic rings. The van der Waals surface area contributed by atoms with Crippen molar-refractivity contribution in [2.24, 2.45) is 0 Å². The zero-order valence-electron chi connectivity index (χ0n) is 10.7. The molecular formula is C15H16ClNOS. The van der Waals surface area contributed by atoms with Gasteiger partial charge < -0.3 is 10.5 Å². The normalized spacial score (nSPS) is 10.4. The van der Waals surface area contributed by atoms with Gasteiger partial charge in [0, 0.05) is 28.3 Å². The van der Waals surface area contributed by atoms with Crippen molar-refractivity contribution in [1.29, 1.82) is 0 Å². The Kier molecular flexibility index (Phi) is 5.00. The molecule has 0 fully saturated rings. The van der Waals surface area contributed by atoms with E-state index in [1.807, 2.05) is 36.4 Å². The number of methoxy groups -OCH3 is 1. The molecule has 0 heterocycles. The van der Waals surface area contributed by atoms with Crippen LogP contribution in [0.3, 0.4) is 0 Å². The Bertz CT molecular complexity index is 560. The maximum Gasteiger partial charge on any atom is 0.121 e. The van der Waals surface area contributed by atoms with Crippen molar-refractivity contribution in [1.82, 2.24) is 0 Å². The molecule has 2 aromatic rings. The molecule has 0 aromatic heterocycles. The molecule has 2 nitrogen and oxygen atoms in total. The van der Waals surface area contributed by atoms with Gasteiger partial charge in [-0.05, 0) is 29.3 Å². The predicted molar refractivity (Wildman–Crippen MR) is 83.9 cm³/mol. The summed E-state index contributed by atoms with van der Waals surface area (Å²) >= 11 is 7.93. The molecular weight excluding hydrogens is 278 g/mol. The summed E-state index contributed by atoms with van der Waals surface area (Å²) in [5, 5.41) is 0.820. The van der Waals surface area contributed by atoms with Gasteiger partial charge in [0.25, 0.3) is 0 Å². The fourth-order valence-electron chi connectivity index (χ4n) is 1.78. The molecule has 0 saturated carbocycles. The maximum absolute atomic E-state index is 6.13. The number of anilines is 1. The Balaban J connectivity index is 1.96. The number of benzene rings is 2. The van der Waals surface area contributed by atoms with E-state index in [4.69, 9.17) is 22.1 Å². The van der Waals surface area contributed by atoms with E-state index in [0.717, 1.165) is 39.1 Å². The van der Waals surface area contributed by atoms with Crippen molar-refractivity contribution >= 4 is 29.1 Å². The Labute approximate surface area is 122 Å². The fourth-order valence-corrected chi connectivity index (χ4v) is 3.04. The second-order valence-corrected chi connectivity index (χ2v) is 5.59. The molecule has 0 atom stereocenters. The number of hydrogen-bond donors (Lipinski definition) is 1. The summed E-state index contributed by atoms with van der Waals surface area (Å²) in [5.41, 5.74) is 8.88. The van der Waals surface area contributed by atoms with Crippen LogP contribution in [-0.2, 0) is 11.5 Å². The van der Waals surface area contributed by atoms with Crippen molar-refractivity contribution in [3.05, 3.63) is 58.6 Å². The molecule has 0 aliphatic heterocycles. The van der Waals surface area contributed by atoms with Gasteiger partial charge in [-0.1, -0.05) is 29.8 Å². The summed E-state index contributed by atoms with van der Waals surface area (Å²) in [5.74, 6) is 2.57. The van der Waals surface area contributed by atoms with Crippen LogP contribution in [0.15, 0.2) is 42.5 Å². The molecule has 0 spiro atoms. The zero-order chi connectivity index (χ0) is 13.7. The van der Waals surface area contributed by atoms with Gasteiger partial charge >= 0.3 is 0 Å². The van der Waals surface area contributed by atoms with Gasteiger partial charge in [-0.25, -0.2) is 0 Å². The average Bonchev–Trinajstić information content (AvgIpc) is 2.40. The monoisotopic (exact) mass is 293 g/mol. The molecule has 2 rings (SSSR count). The van der Waals surface area contributed by atoms with E-state index in [0.29, 0.717) is 0 Å². The van der Waals surface area contributed by atoms with Crippen molar-refractivity contribution in [3.63, 3.8) is 0 Å². The minimum Gasteiger partial charge on any atom is -0.497 e. The molecule has 0 aliphatic carbocycles. The Hall–Kier alpha value is -1.32. The average molecular weight is 294 g/mol. The highest BCUT2D eigenvalue weighted by molar-refractivity contribution is 7.97. The van der Waals surface area contributed by atoms with E-state index < -0.39 is 0 Å². The third-order valence-corrected chi connectivity index (χ3v) is 4.13. The number of nitrogen functional groups attached to an aromatic ring is 1. The summed E-state index contributed by atoms with van der Waals surface area (Å²) in [6, 6.07) is 13.7. The summed E-state index contributed by atoms with van der Waals surface area (Å²) in [6.07, 6.45) is 0. The standard InChI is InChI=1S/C15H16ClNOS/c1-18-14-7-11(6-13(17)8-14)9-19-10-12-4-2-3-5-15(12)16/h2-8H,9-10,17H2,1H3. The molecule has 2 aromatic carbocycles. The lowest BCUT2D eigenvalue weighted by atomic mass is 10.2. The van der Waals surface area contributed by atoms with Crippen LogP contribution in [0.4, 0.5) is 5.69 Å². The summed E-state index contributed by atoms with van der Waals surface area (Å²) in [4.78, 5) is 0. The largest absolute Gasteiger partial charge is 0.497 e. The lowest BCUT2D eigenvalue weighted by Crippen LogP contribution is -1.92. The highest BCUT2D eigenvalue weighted by Gasteiger charge is 2.02. The highest BCUT2D eigenvalue weighted by atomic mass is 35.5. The van der Waals surface area contributed by atoms with Gasteiger partial charge in [0.05, 0.1) is 7.11 Å². The maximum atomic E-state index is 6.13. The zero-order valence-corrected chi connectivity index (χ0v) is 12.3. The van der Waals surface area contributed by atoms with Crippen LogP contribution < -0.4 is 10.5 Å². The SMILES string of the molecule is COc1cc(N)cc(CSCc2ccccc2Cl)c1. The van der Waals surface area contributed by atoms with E-state index in [2.05, 4.69) is 6.07 Å². The molecule has 4 heteroatoms. The van der Waals surface area contributed by atoms with Crippen LogP contribution in [0.25, 0.3) is 0 Å². The second kappa shape index (κ2) is 6.73. The fraction of sp³-hybridized carbons (Fsp3) is 0.200. The van der Waals surface area contributed by atoms with Gasteiger partial charge in [-0.15, -0.1) is 0 Å². The van der Waals surface area contributed by atoms with Crippen molar-refractivity contribution in [2.45, 2.75) is 11.5 Å². The van der Waals surface area contributed by atoms with Crippen LogP contribution in [0, 0.1) is 0 Å². The minimum atomic E-state index is 0.729. The first-order valence-corrected chi connectivity index (χ1v) is 7.47. The third-order valence-electron chi connectivity index (χ3n) is 2.71. The van der Waals surface area contributed by atoms with Crippen LogP contribution in [0.5, 0.6) is 5.75 Å². The molecule has 0 amide bonds. The topological polar surface area (TPSA) is 35.2 Å². The summed E-state index contributed by atoms with van der Waals surface area (Å²) < 4.78 is 5.21. The molecule has 19 heavy (non-hydrogen) atoms. The molecule has 100 valence electrons. The van der Waals surface area contributed by atoms with Gasteiger partial charge in [0.15, 0.2) is 0 Å². The van der Waals surface area contributed by atoms with E-state index in [9.17, 15) is 0 Å². The molecule has 0 saturated heterocycles. The van der Waals surface area contributed by atoms with Crippen molar-refractivity contribution in [3.8, 4) is 5.75 Å². The number of halogens is 1. The van der Waals surface area contributed by atoms with E-state index in [1.165, 1.54) is 0 Å². The van der Waals surface area contributed by atoms with Crippen LogP contribution in [-0.4, -0.2) is 7.11 Å².